The first-order chi connectivity index (χ1) is 12.6. The molecule has 140 valence electrons. The Hall–Kier alpha value is -2.53. The fourth-order valence-electron chi connectivity index (χ4n) is 2.71. The van der Waals surface area contributed by atoms with Gasteiger partial charge in [-0.1, -0.05) is 30.3 Å². The topological polar surface area (TPSA) is 50.8 Å². The maximum absolute atomic E-state index is 12.3. The predicted molar refractivity (Wildman–Crippen MR) is 104 cm³/mol. The summed E-state index contributed by atoms with van der Waals surface area (Å²) in [5, 5.41) is 2.96. The molecule has 2 rings (SSSR count). The van der Waals surface area contributed by atoms with Crippen molar-refractivity contribution < 1.29 is 14.3 Å². The quantitative estimate of drug-likeness (QED) is 0.664. The molecule has 0 spiro atoms. The molecule has 0 saturated heterocycles. The summed E-state index contributed by atoms with van der Waals surface area (Å²) >= 11 is 0. The molecule has 0 aliphatic heterocycles. The lowest BCUT2D eigenvalue weighted by Crippen LogP contribution is -2.28. The molecule has 2 aromatic carbocycles. The van der Waals surface area contributed by atoms with Crippen LogP contribution in [-0.4, -0.2) is 44.7 Å². The van der Waals surface area contributed by atoms with E-state index in [1.54, 1.807) is 25.3 Å². The van der Waals surface area contributed by atoms with Crippen molar-refractivity contribution in [3.63, 3.8) is 0 Å². The Morgan fingerprint density at radius 1 is 1.12 bits per heavy atom. The number of ether oxygens (including phenoxy) is 2. The minimum absolute atomic E-state index is 0.0999. The largest absolute Gasteiger partial charge is 0.493 e. The monoisotopic (exact) mass is 356 g/mol. The van der Waals surface area contributed by atoms with Gasteiger partial charge in [0, 0.05) is 18.7 Å². The third-order valence-corrected chi connectivity index (χ3v) is 4.02. The van der Waals surface area contributed by atoms with Gasteiger partial charge in [0.05, 0.1) is 13.7 Å². The van der Waals surface area contributed by atoms with Crippen LogP contribution in [0.3, 0.4) is 0 Å². The van der Waals surface area contributed by atoms with E-state index in [4.69, 9.17) is 9.47 Å². The van der Waals surface area contributed by atoms with Gasteiger partial charge in [0.1, 0.15) is 0 Å². The number of hydrogen-bond acceptors (Lipinski definition) is 4. The normalized spacial score (nSPS) is 10.6. The molecule has 0 fully saturated rings. The van der Waals surface area contributed by atoms with E-state index < -0.39 is 0 Å². The first-order valence-corrected chi connectivity index (χ1v) is 8.95. The van der Waals surface area contributed by atoms with Gasteiger partial charge in [-0.25, -0.2) is 0 Å². The lowest BCUT2D eigenvalue weighted by molar-refractivity contribution is 0.0951. The predicted octanol–water partition coefficient (Wildman–Crippen LogP) is 3.35. The van der Waals surface area contributed by atoms with Crippen molar-refractivity contribution in [3.8, 4) is 11.5 Å². The Morgan fingerprint density at radius 3 is 2.58 bits per heavy atom. The van der Waals surface area contributed by atoms with Gasteiger partial charge in [-0.3, -0.25) is 4.79 Å². The standard InChI is InChI=1S/C21H28N2O3/c1-4-26-19-12-11-18(15-20(19)25-3)21(24)22-13-8-14-23(2)16-17-9-6-5-7-10-17/h5-7,9-12,15H,4,8,13-14,16H2,1-3H3,(H,22,24). The van der Waals surface area contributed by atoms with Gasteiger partial charge in [-0.05, 0) is 50.7 Å². The van der Waals surface area contributed by atoms with Gasteiger partial charge >= 0.3 is 0 Å². The van der Waals surface area contributed by atoms with Gasteiger partial charge in [0.2, 0.25) is 0 Å². The summed E-state index contributed by atoms with van der Waals surface area (Å²) in [7, 11) is 3.66. The van der Waals surface area contributed by atoms with Gasteiger partial charge in [-0.2, -0.15) is 0 Å². The first-order valence-electron chi connectivity index (χ1n) is 8.95. The van der Waals surface area contributed by atoms with Gasteiger partial charge in [-0.15, -0.1) is 0 Å². The van der Waals surface area contributed by atoms with Crippen molar-refractivity contribution >= 4 is 5.91 Å². The van der Waals surface area contributed by atoms with E-state index in [9.17, 15) is 4.79 Å². The summed E-state index contributed by atoms with van der Waals surface area (Å²) in [4.78, 5) is 14.5. The highest BCUT2D eigenvalue weighted by Gasteiger charge is 2.10. The average molecular weight is 356 g/mol. The minimum atomic E-state index is -0.0999. The third kappa shape index (κ3) is 6.08. The maximum Gasteiger partial charge on any atom is 0.251 e. The number of rotatable bonds is 10. The van der Waals surface area contributed by atoms with E-state index in [0.717, 1.165) is 19.5 Å². The van der Waals surface area contributed by atoms with E-state index in [1.165, 1.54) is 5.56 Å². The molecular formula is C21H28N2O3. The smallest absolute Gasteiger partial charge is 0.251 e. The molecule has 0 aliphatic carbocycles. The Bertz CT molecular complexity index is 689. The van der Waals surface area contributed by atoms with E-state index in [0.29, 0.717) is 30.2 Å². The first kappa shape index (κ1) is 19.8. The van der Waals surface area contributed by atoms with Crippen molar-refractivity contribution in [2.75, 3.05) is 33.9 Å². The molecule has 0 radical (unpaired) electrons. The van der Waals surface area contributed by atoms with Crippen molar-refractivity contribution in [2.24, 2.45) is 0 Å². The van der Waals surface area contributed by atoms with Crippen LogP contribution in [0.5, 0.6) is 11.5 Å². The lowest BCUT2D eigenvalue weighted by atomic mass is 10.2. The summed E-state index contributed by atoms with van der Waals surface area (Å²) < 4.78 is 10.8. The van der Waals surface area contributed by atoms with Gasteiger partial charge in [0.15, 0.2) is 11.5 Å². The molecule has 0 aliphatic rings. The summed E-state index contributed by atoms with van der Waals surface area (Å²) in [6.07, 6.45) is 0.892. The second-order valence-corrected chi connectivity index (χ2v) is 6.13. The molecule has 5 heteroatoms. The van der Waals surface area contributed by atoms with Crippen LogP contribution in [0.15, 0.2) is 48.5 Å². The zero-order valence-corrected chi connectivity index (χ0v) is 15.8. The highest BCUT2D eigenvalue weighted by molar-refractivity contribution is 5.94. The number of benzene rings is 2. The number of carbonyl (C=O) groups excluding carboxylic acids is 1. The number of hydrogen-bond donors (Lipinski definition) is 1. The van der Waals surface area contributed by atoms with Crippen LogP contribution in [0.25, 0.3) is 0 Å². The van der Waals surface area contributed by atoms with Crippen LogP contribution in [-0.2, 0) is 6.54 Å². The van der Waals surface area contributed by atoms with Crippen LogP contribution in [0.4, 0.5) is 0 Å². The molecule has 2 aromatic rings. The Balaban J connectivity index is 1.76. The fourth-order valence-corrected chi connectivity index (χ4v) is 2.71. The highest BCUT2D eigenvalue weighted by Crippen LogP contribution is 2.27. The number of amides is 1. The molecule has 0 aromatic heterocycles. The second kappa shape index (κ2) is 10.5. The van der Waals surface area contributed by atoms with Crippen molar-refractivity contribution in [3.05, 3.63) is 59.7 Å². The van der Waals surface area contributed by atoms with Gasteiger partial charge < -0.3 is 19.7 Å². The fraction of sp³-hybridized carbons (Fsp3) is 0.381. The van der Waals surface area contributed by atoms with Crippen LogP contribution in [0.2, 0.25) is 0 Å². The Kier molecular flexibility index (Phi) is 7.96. The van der Waals surface area contributed by atoms with E-state index in [-0.39, 0.29) is 5.91 Å². The van der Waals surface area contributed by atoms with Gasteiger partial charge in [0.25, 0.3) is 5.91 Å². The molecule has 0 atom stereocenters. The molecule has 1 amide bonds. The summed E-state index contributed by atoms with van der Waals surface area (Å²) in [5.74, 6) is 1.12. The van der Waals surface area contributed by atoms with Crippen molar-refractivity contribution in [2.45, 2.75) is 19.9 Å². The molecular weight excluding hydrogens is 328 g/mol. The summed E-state index contributed by atoms with van der Waals surface area (Å²) in [5.41, 5.74) is 1.86. The number of nitrogens with zero attached hydrogens (tertiary/aromatic N) is 1. The molecule has 5 nitrogen and oxygen atoms in total. The number of carbonyl (C=O) groups is 1. The van der Waals surface area contributed by atoms with Crippen LogP contribution in [0, 0.1) is 0 Å². The third-order valence-electron chi connectivity index (χ3n) is 4.02. The zero-order chi connectivity index (χ0) is 18.8. The average Bonchev–Trinajstić information content (AvgIpc) is 2.66. The van der Waals surface area contributed by atoms with Crippen molar-refractivity contribution in [1.82, 2.24) is 10.2 Å². The maximum atomic E-state index is 12.3. The molecule has 0 saturated carbocycles. The number of methoxy groups -OCH3 is 1. The number of nitrogens with one attached hydrogen (secondary N) is 1. The highest BCUT2D eigenvalue weighted by atomic mass is 16.5. The van der Waals surface area contributed by atoms with Crippen LogP contribution >= 0.6 is 0 Å². The summed E-state index contributed by atoms with van der Waals surface area (Å²) in [6.45, 7) is 4.92. The van der Waals surface area contributed by atoms with Crippen LogP contribution in [0.1, 0.15) is 29.3 Å². The zero-order valence-electron chi connectivity index (χ0n) is 15.8. The Morgan fingerprint density at radius 2 is 1.88 bits per heavy atom. The molecule has 0 unspecified atom stereocenters. The molecule has 26 heavy (non-hydrogen) atoms. The SMILES string of the molecule is CCOc1ccc(C(=O)NCCCN(C)Cc2ccccc2)cc1OC. The second-order valence-electron chi connectivity index (χ2n) is 6.13. The Labute approximate surface area is 155 Å². The van der Waals surface area contributed by atoms with E-state index in [2.05, 4.69) is 41.5 Å². The molecule has 0 heterocycles. The van der Waals surface area contributed by atoms with E-state index in [1.807, 2.05) is 13.0 Å². The van der Waals surface area contributed by atoms with Crippen LogP contribution < -0.4 is 14.8 Å². The molecule has 0 bridgehead atoms. The lowest BCUT2D eigenvalue weighted by Gasteiger charge is -2.17. The van der Waals surface area contributed by atoms with Crippen molar-refractivity contribution in [1.29, 1.82) is 0 Å². The minimum Gasteiger partial charge on any atom is -0.493 e. The molecule has 1 N–H and O–H groups in total. The van der Waals surface area contributed by atoms with E-state index >= 15 is 0 Å². The summed E-state index contributed by atoms with van der Waals surface area (Å²) in [6, 6.07) is 15.6.